The number of piperidine rings is 1. The number of pyridine rings is 1. The van der Waals surface area contributed by atoms with Crippen molar-refractivity contribution >= 4 is 11.9 Å². The maximum absolute atomic E-state index is 13.2. The summed E-state index contributed by atoms with van der Waals surface area (Å²) in [4.78, 5) is 27.8. The van der Waals surface area contributed by atoms with Gasteiger partial charge in [-0.3, -0.25) is 14.5 Å². The smallest absolute Gasteiger partial charge is 0.250 e. The Hall–Kier alpha value is -4.04. The molecule has 3 aromatic rings. The first-order valence-electron chi connectivity index (χ1n) is 12.4. The van der Waals surface area contributed by atoms with Gasteiger partial charge < -0.3 is 23.9 Å². The van der Waals surface area contributed by atoms with Crippen molar-refractivity contribution < 1.29 is 24.1 Å². The van der Waals surface area contributed by atoms with E-state index in [0.29, 0.717) is 47.4 Å². The molecule has 1 N–H and O–H groups in total. The molecule has 3 aliphatic rings. The number of carbonyl (C=O) groups excluding carboxylic acids is 1. The number of methoxy groups -OCH3 is 2. The number of likely N-dealkylation sites (tertiary alicyclic amines) is 1. The summed E-state index contributed by atoms with van der Waals surface area (Å²) in [6, 6.07) is 14.0. The number of phenolic OH excluding ortho intramolecular Hbond substituents is 1. The number of hydrogen-bond acceptors (Lipinski definition) is 7. The summed E-state index contributed by atoms with van der Waals surface area (Å²) in [6.45, 7) is 2.73. The molecule has 2 atom stereocenters. The molecule has 2 bridgehead atoms. The lowest BCUT2D eigenvalue weighted by Gasteiger charge is -2.42. The van der Waals surface area contributed by atoms with E-state index in [-0.39, 0.29) is 28.8 Å². The Bertz CT molecular complexity index is 1490. The van der Waals surface area contributed by atoms with Crippen LogP contribution in [0.3, 0.4) is 0 Å². The molecule has 2 aromatic carbocycles. The van der Waals surface area contributed by atoms with Gasteiger partial charge in [0.2, 0.25) is 5.78 Å². The second kappa shape index (κ2) is 9.12. The van der Waals surface area contributed by atoms with Crippen molar-refractivity contribution in [2.24, 2.45) is 5.92 Å². The van der Waals surface area contributed by atoms with Gasteiger partial charge in [-0.15, -0.1) is 0 Å². The predicted molar refractivity (Wildman–Crippen MR) is 137 cm³/mol. The minimum Gasteiger partial charge on any atom is -0.507 e. The second-order valence-electron chi connectivity index (χ2n) is 9.89. The Morgan fingerprint density at radius 3 is 2.68 bits per heavy atom. The highest BCUT2D eigenvalue weighted by molar-refractivity contribution is 6.15. The third-order valence-electron chi connectivity index (χ3n) is 7.56. The maximum Gasteiger partial charge on any atom is 0.250 e. The van der Waals surface area contributed by atoms with Crippen molar-refractivity contribution in [1.82, 2.24) is 9.47 Å². The molecule has 37 heavy (non-hydrogen) atoms. The van der Waals surface area contributed by atoms with Crippen LogP contribution in [0.5, 0.6) is 23.0 Å². The van der Waals surface area contributed by atoms with Gasteiger partial charge in [0.05, 0.1) is 25.3 Å². The monoisotopic (exact) mass is 500 g/mol. The lowest BCUT2D eigenvalue weighted by Crippen LogP contribution is -2.46. The van der Waals surface area contributed by atoms with Crippen LogP contribution >= 0.6 is 0 Å². The van der Waals surface area contributed by atoms with Gasteiger partial charge in [0.25, 0.3) is 5.56 Å². The number of Topliss-reactive ketones (excluding diaryl/α,β-unsaturated/α-hetero) is 1. The topological polar surface area (TPSA) is 90.2 Å². The second-order valence-corrected chi connectivity index (χ2v) is 9.89. The van der Waals surface area contributed by atoms with E-state index in [9.17, 15) is 14.7 Å². The van der Waals surface area contributed by atoms with Crippen LogP contribution in [0.2, 0.25) is 0 Å². The summed E-state index contributed by atoms with van der Waals surface area (Å²) < 4.78 is 18.6. The van der Waals surface area contributed by atoms with Crippen molar-refractivity contribution in [3.05, 3.63) is 87.0 Å². The van der Waals surface area contributed by atoms with E-state index in [0.717, 1.165) is 30.8 Å². The molecule has 1 aromatic heterocycles. The number of nitrogens with zero attached hydrogens (tertiary/aromatic N) is 2. The van der Waals surface area contributed by atoms with Gasteiger partial charge in [0, 0.05) is 43.9 Å². The van der Waals surface area contributed by atoms with Crippen LogP contribution in [0.4, 0.5) is 0 Å². The standard InChI is InChI=1S/C29H28N2O6/c1-35-24-9-6-17(11-25(24)36-2)12-26-28(34)20-7-8-23(32)21(29(20)37-26)16-30-13-18-10-19(15-30)22-4-3-5-27(33)31(22)14-18/h3-9,11-12,18-19,32H,10,13-16H2,1-2H3/b26-12-. The Morgan fingerprint density at radius 1 is 1.03 bits per heavy atom. The Balaban J connectivity index is 1.27. The average molecular weight is 501 g/mol. The van der Waals surface area contributed by atoms with Crippen LogP contribution in [0.15, 0.2) is 59.1 Å². The highest BCUT2D eigenvalue weighted by Gasteiger charge is 2.36. The Morgan fingerprint density at radius 2 is 1.86 bits per heavy atom. The molecule has 0 radical (unpaired) electrons. The summed E-state index contributed by atoms with van der Waals surface area (Å²) in [7, 11) is 3.13. The summed E-state index contributed by atoms with van der Waals surface area (Å²) in [6.07, 6.45) is 2.72. The van der Waals surface area contributed by atoms with Crippen molar-refractivity contribution in [1.29, 1.82) is 0 Å². The third kappa shape index (κ3) is 4.07. The molecule has 0 amide bonds. The number of ether oxygens (including phenoxy) is 3. The number of rotatable bonds is 5. The van der Waals surface area contributed by atoms with Gasteiger partial charge in [0.15, 0.2) is 17.3 Å². The number of allylic oxidation sites excluding steroid dienone is 1. The molecular weight excluding hydrogens is 472 g/mol. The molecule has 4 heterocycles. The van der Waals surface area contributed by atoms with Crippen LogP contribution in [0.1, 0.15) is 39.5 Å². The van der Waals surface area contributed by atoms with Gasteiger partial charge in [-0.2, -0.15) is 0 Å². The largest absolute Gasteiger partial charge is 0.507 e. The van der Waals surface area contributed by atoms with E-state index in [1.807, 2.05) is 22.8 Å². The molecule has 8 nitrogen and oxygen atoms in total. The number of carbonyl (C=O) groups is 1. The first kappa shape index (κ1) is 23.4. The zero-order valence-corrected chi connectivity index (χ0v) is 20.8. The average Bonchev–Trinajstić information content (AvgIpc) is 3.21. The van der Waals surface area contributed by atoms with Gasteiger partial charge in [0.1, 0.15) is 11.5 Å². The van der Waals surface area contributed by atoms with Crippen molar-refractivity contribution in [2.45, 2.75) is 25.4 Å². The van der Waals surface area contributed by atoms with Crippen LogP contribution in [0, 0.1) is 5.92 Å². The summed E-state index contributed by atoms with van der Waals surface area (Å²) in [5.41, 5.74) is 2.90. The number of hydrogen-bond donors (Lipinski definition) is 1. The van der Waals surface area contributed by atoms with E-state index in [1.54, 1.807) is 50.6 Å². The molecule has 2 unspecified atom stereocenters. The first-order chi connectivity index (χ1) is 17.9. The van der Waals surface area contributed by atoms with E-state index < -0.39 is 0 Å². The SMILES string of the molecule is COc1ccc(/C=C2\Oc3c(ccc(O)c3CN3CC4CC(C3)c3cccc(=O)n3C4)C2=O)cc1OC. The number of ketones is 1. The Labute approximate surface area is 214 Å². The molecule has 1 fully saturated rings. The molecule has 8 heteroatoms. The fourth-order valence-corrected chi connectivity index (χ4v) is 5.89. The van der Waals surface area contributed by atoms with E-state index >= 15 is 0 Å². The van der Waals surface area contributed by atoms with Crippen molar-refractivity contribution in [3.63, 3.8) is 0 Å². The highest BCUT2D eigenvalue weighted by atomic mass is 16.5. The minimum absolute atomic E-state index is 0.0554. The van der Waals surface area contributed by atoms with Crippen LogP contribution in [-0.4, -0.2) is 47.7 Å². The van der Waals surface area contributed by atoms with Gasteiger partial charge in [-0.1, -0.05) is 12.1 Å². The number of aromatic hydroxyl groups is 1. The van der Waals surface area contributed by atoms with Gasteiger partial charge in [-0.05, 0) is 54.3 Å². The number of phenols is 1. The fraction of sp³-hybridized carbons (Fsp3) is 0.310. The lowest BCUT2D eigenvalue weighted by atomic mass is 9.83. The van der Waals surface area contributed by atoms with Gasteiger partial charge in [-0.25, -0.2) is 0 Å². The fourth-order valence-electron chi connectivity index (χ4n) is 5.89. The highest BCUT2D eigenvalue weighted by Crippen LogP contribution is 2.42. The van der Waals surface area contributed by atoms with E-state index in [1.165, 1.54) is 0 Å². The zero-order chi connectivity index (χ0) is 25.7. The molecule has 0 saturated carbocycles. The maximum atomic E-state index is 13.2. The Kier molecular flexibility index (Phi) is 5.76. The molecule has 0 aliphatic carbocycles. The summed E-state index contributed by atoms with van der Waals surface area (Å²) in [5, 5.41) is 10.8. The lowest BCUT2D eigenvalue weighted by molar-refractivity contribution is 0.101. The zero-order valence-electron chi connectivity index (χ0n) is 20.8. The molecular formula is C29H28N2O6. The van der Waals surface area contributed by atoms with Crippen LogP contribution in [-0.2, 0) is 13.1 Å². The van der Waals surface area contributed by atoms with Crippen molar-refractivity contribution in [3.8, 4) is 23.0 Å². The molecule has 190 valence electrons. The molecule has 6 rings (SSSR count). The predicted octanol–water partition coefficient (Wildman–Crippen LogP) is 3.81. The van der Waals surface area contributed by atoms with Crippen molar-refractivity contribution in [2.75, 3.05) is 27.3 Å². The van der Waals surface area contributed by atoms with Crippen LogP contribution < -0.4 is 19.8 Å². The van der Waals surface area contributed by atoms with E-state index in [2.05, 4.69) is 4.90 Å². The molecule has 1 saturated heterocycles. The van der Waals surface area contributed by atoms with E-state index in [4.69, 9.17) is 14.2 Å². The first-order valence-corrected chi connectivity index (χ1v) is 12.4. The van der Waals surface area contributed by atoms with Gasteiger partial charge >= 0.3 is 0 Å². The molecule has 0 spiro atoms. The normalized spacial score (nSPS) is 21.4. The molecule has 3 aliphatic heterocycles. The number of fused-ring (bicyclic) bond motifs is 5. The third-order valence-corrected chi connectivity index (χ3v) is 7.56. The van der Waals surface area contributed by atoms with Crippen LogP contribution in [0.25, 0.3) is 6.08 Å². The summed E-state index contributed by atoms with van der Waals surface area (Å²) in [5.74, 6) is 2.23. The quantitative estimate of drug-likeness (QED) is 0.533. The summed E-state index contributed by atoms with van der Waals surface area (Å²) >= 11 is 0. The number of aromatic nitrogens is 1. The number of benzene rings is 2. The minimum atomic E-state index is -0.227.